The summed E-state index contributed by atoms with van der Waals surface area (Å²) < 4.78 is 40.3. The van der Waals surface area contributed by atoms with Crippen LogP contribution in [0.4, 0.5) is 13.2 Å². The van der Waals surface area contributed by atoms with Crippen molar-refractivity contribution in [3.63, 3.8) is 0 Å². The molecule has 4 unspecified atom stereocenters. The van der Waals surface area contributed by atoms with Gasteiger partial charge in [-0.3, -0.25) is 24.2 Å². The highest BCUT2D eigenvalue weighted by Gasteiger charge is 2.58. The van der Waals surface area contributed by atoms with Crippen molar-refractivity contribution in [1.29, 1.82) is 0 Å². The minimum Gasteiger partial charge on any atom is -0.355 e. The molecule has 170 valence electrons. The van der Waals surface area contributed by atoms with Crippen molar-refractivity contribution < 1.29 is 22.8 Å². The molecule has 1 aromatic heterocycles. The van der Waals surface area contributed by atoms with Gasteiger partial charge >= 0.3 is 6.18 Å². The summed E-state index contributed by atoms with van der Waals surface area (Å²) in [6.45, 7) is 0.313. The second kappa shape index (κ2) is 8.79. The first kappa shape index (κ1) is 23.5. The van der Waals surface area contributed by atoms with Crippen LogP contribution in [-0.4, -0.2) is 52.6 Å². The van der Waals surface area contributed by atoms with E-state index < -0.39 is 11.9 Å². The molecule has 2 amide bonds. The van der Waals surface area contributed by atoms with Crippen molar-refractivity contribution in [1.82, 2.24) is 25.3 Å². The van der Waals surface area contributed by atoms with Gasteiger partial charge in [0, 0.05) is 45.5 Å². The summed E-state index contributed by atoms with van der Waals surface area (Å²) in [4.78, 5) is 30.6. The number of aliphatic imine (C=N–C) groups is 1. The fourth-order valence-electron chi connectivity index (χ4n) is 4.78. The van der Waals surface area contributed by atoms with E-state index in [-0.39, 0.29) is 90.6 Å². The summed E-state index contributed by atoms with van der Waals surface area (Å²) in [5.74, 6) is -0.147. The van der Waals surface area contributed by atoms with Gasteiger partial charge in [-0.1, -0.05) is 12.2 Å². The molecule has 1 aromatic rings. The highest BCUT2D eigenvalue weighted by Crippen LogP contribution is 2.52. The molecule has 2 heterocycles. The minimum atomic E-state index is -4.54. The van der Waals surface area contributed by atoms with Gasteiger partial charge in [0.05, 0.1) is 11.8 Å². The third kappa shape index (κ3) is 4.30. The smallest absolute Gasteiger partial charge is 0.355 e. The third-order valence-electron chi connectivity index (χ3n) is 6.03. The lowest BCUT2D eigenvalue weighted by atomic mass is 9.85. The Morgan fingerprint density at radius 3 is 2.35 bits per heavy atom. The van der Waals surface area contributed by atoms with Crippen LogP contribution >= 0.6 is 24.0 Å². The van der Waals surface area contributed by atoms with Gasteiger partial charge in [0.2, 0.25) is 11.8 Å². The average molecular weight is 552 g/mol. The van der Waals surface area contributed by atoms with Crippen LogP contribution < -0.4 is 10.6 Å². The lowest BCUT2D eigenvalue weighted by Gasteiger charge is -2.18. The Balaban J connectivity index is 0.00000272. The van der Waals surface area contributed by atoms with Gasteiger partial charge in [-0.05, 0) is 18.3 Å². The number of fused-ring (bicyclic) bond motifs is 5. The molecular formula is C19H24F3IN6O2. The number of carbonyl (C=O) groups excluding carboxylic acids is 2. The number of hydrogen-bond acceptors (Lipinski definition) is 4. The van der Waals surface area contributed by atoms with E-state index in [0.717, 1.165) is 11.1 Å². The number of imide groups is 1. The molecule has 8 nitrogen and oxygen atoms in total. The number of likely N-dealkylation sites (tertiary alicyclic amines) is 1. The van der Waals surface area contributed by atoms with Crippen LogP contribution in [-0.2, 0) is 29.4 Å². The second-order valence-corrected chi connectivity index (χ2v) is 7.85. The van der Waals surface area contributed by atoms with Gasteiger partial charge in [-0.15, -0.1) is 24.0 Å². The van der Waals surface area contributed by atoms with Crippen molar-refractivity contribution in [2.24, 2.45) is 35.7 Å². The molecule has 1 saturated carbocycles. The van der Waals surface area contributed by atoms with E-state index in [1.54, 1.807) is 0 Å². The average Bonchev–Trinajstić information content (AvgIpc) is 3.43. The topological polar surface area (TPSA) is 91.6 Å². The van der Waals surface area contributed by atoms with Crippen LogP contribution in [0.2, 0.25) is 0 Å². The summed E-state index contributed by atoms with van der Waals surface area (Å²) in [5, 5.41) is 9.22. The number of nitrogens with zero attached hydrogens (tertiary/aromatic N) is 4. The van der Waals surface area contributed by atoms with E-state index in [4.69, 9.17) is 0 Å². The molecule has 0 aromatic carbocycles. The number of aromatic nitrogens is 2. The van der Waals surface area contributed by atoms with Crippen LogP contribution in [0.15, 0.2) is 23.3 Å². The first-order chi connectivity index (χ1) is 14.2. The largest absolute Gasteiger partial charge is 0.435 e. The summed E-state index contributed by atoms with van der Waals surface area (Å²) in [5.41, 5.74) is -0.954. The Morgan fingerprint density at radius 2 is 1.81 bits per heavy atom. The third-order valence-corrected chi connectivity index (χ3v) is 6.03. The van der Waals surface area contributed by atoms with E-state index in [1.165, 1.54) is 25.2 Å². The van der Waals surface area contributed by atoms with Gasteiger partial charge in [-0.2, -0.15) is 18.3 Å². The Bertz CT molecular complexity index is 898. The highest BCUT2D eigenvalue weighted by molar-refractivity contribution is 14.0. The Labute approximate surface area is 194 Å². The fraction of sp³-hybridized carbons (Fsp3) is 0.579. The number of amides is 2. The van der Waals surface area contributed by atoms with E-state index in [1.807, 2.05) is 12.2 Å². The molecule has 4 rings (SSSR count). The molecule has 0 spiro atoms. The maximum absolute atomic E-state index is 13.1. The van der Waals surface area contributed by atoms with E-state index in [0.29, 0.717) is 0 Å². The van der Waals surface area contributed by atoms with E-state index in [9.17, 15) is 22.8 Å². The number of nitrogens with one attached hydrogen (secondary N) is 2. The molecule has 3 aliphatic rings. The predicted molar refractivity (Wildman–Crippen MR) is 116 cm³/mol. The maximum atomic E-state index is 13.1. The number of halogens is 4. The van der Waals surface area contributed by atoms with Crippen molar-refractivity contribution >= 4 is 41.8 Å². The zero-order valence-corrected chi connectivity index (χ0v) is 19.3. The predicted octanol–water partition coefficient (Wildman–Crippen LogP) is 1.53. The lowest BCUT2D eigenvalue weighted by molar-refractivity contribution is -0.142. The summed E-state index contributed by atoms with van der Waals surface area (Å²) in [6, 6.07) is 0. The zero-order valence-electron chi connectivity index (χ0n) is 17.0. The van der Waals surface area contributed by atoms with Crippen LogP contribution in [0.5, 0.6) is 0 Å². The van der Waals surface area contributed by atoms with Crippen LogP contribution in [0, 0.1) is 23.7 Å². The minimum absolute atomic E-state index is 0. The molecule has 12 heteroatoms. The first-order valence-corrected chi connectivity index (χ1v) is 9.78. The molecule has 4 atom stereocenters. The van der Waals surface area contributed by atoms with E-state index >= 15 is 0 Å². The summed E-state index contributed by atoms with van der Waals surface area (Å²) >= 11 is 0. The van der Waals surface area contributed by atoms with E-state index in [2.05, 4.69) is 20.7 Å². The van der Waals surface area contributed by atoms with Gasteiger partial charge < -0.3 is 10.6 Å². The van der Waals surface area contributed by atoms with Gasteiger partial charge in [-0.25, -0.2) is 0 Å². The first-order valence-electron chi connectivity index (χ1n) is 9.78. The Kier molecular flexibility index (Phi) is 6.67. The van der Waals surface area contributed by atoms with Crippen molar-refractivity contribution in [2.45, 2.75) is 19.1 Å². The van der Waals surface area contributed by atoms with Crippen LogP contribution in [0.1, 0.15) is 17.7 Å². The van der Waals surface area contributed by atoms with Crippen molar-refractivity contribution in [2.75, 3.05) is 20.1 Å². The molecule has 2 fully saturated rings. The molecule has 1 aliphatic heterocycles. The monoisotopic (exact) mass is 552 g/mol. The number of allylic oxidation sites excluding steroid dienone is 2. The Hall–Kier alpha value is -2.12. The summed E-state index contributed by atoms with van der Waals surface area (Å²) in [7, 11) is 2.91. The standard InChI is InChI=1S/C19H23F3N6O2.HI/c1-23-18(25-8-12-9-27(2)26-15(12)19(20,21)22)24-5-6-28-16(29)13-10-3-4-11(7-10)14(13)17(28)30;/h3-4,9-11,13-14H,5-8H2,1-2H3,(H2,23,24,25);1H. The molecule has 2 N–H and O–H groups in total. The van der Waals surface area contributed by atoms with Crippen LogP contribution in [0.3, 0.4) is 0 Å². The number of guanidine groups is 1. The highest BCUT2D eigenvalue weighted by atomic mass is 127. The molecule has 1 saturated heterocycles. The van der Waals surface area contributed by atoms with Crippen LogP contribution in [0.25, 0.3) is 0 Å². The fourth-order valence-corrected chi connectivity index (χ4v) is 4.78. The lowest BCUT2D eigenvalue weighted by Crippen LogP contribution is -2.43. The normalized spacial score (nSPS) is 27.0. The molecular weight excluding hydrogens is 528 g/mol. The zero-order chi connectivity index (χ0) is 21.6. The second-order valence-electron chi connectivity index (χ2n) is 7.85. The van der Waals surface area contributed by atoms with Crippen molar-refractivity contribution in [3.8, 4) is 0 Å². The maximum Gasteiger partial charge on any atom is 0.435 e. The van der Waals surface area contributed by atoms with Gasteiger partial charge in [0.25, 0.3) is 0 Å². The quantitative estimate of drug-likeness (QED) is 0.190. The van der Waals surface area contributed by atoms with Gasteiger partial charge in [0.1, 0.15) is 0 Å². The molecule has 0 radical (unpaired) electrons. The number of aryl methyl sites for hydroxylation is 1. The number of alkyl halides is 3. The van der Waals surface area contributed by atoms with Gasteiger partial charge in [0.15, 0.2) is 11.7 Å². The number of hydrogen-bond donors (Lipinski definition) is 2. The Morgan fingerprint density at radius 1 is 1.19 bits per heavy atom. The number of rotatable bonds is 5. The molecule has 31 heavy (non-hydrogen) atoms. The number of carbonyl (C=O) groups is 2. The molecule has 2 bridgehead atoms. The molecule has 2 aliphatic carbocycles. The summed E-state index contributed by atoms with van der Waals surface area (Å²) in [6.07, 6.45) is 1.71. The SMILES string of the molecule is CN=C(NCCN1C(=O)C2C3C=CC(C3)C2C1=O)NCc1cn(C)nc1C(F)(F)F.I. The van der Waals surface area contributed by atoms with Crippen molar-refractivity contribution in [3.05, 3.63) is 29.6 Å².